The number of rotatable bonds is 5. The van der Waals surface area contributed by atoms with Gasteiger partial charge in [-0.3, -0.25) is 0 Å². The zero-order valence-electron chi connectivity index (χ0n) is 20.5. The van der Waals surface area contributed by atoms with E-state index in [-0.39, 0.29) is 33.5 Å². The molecule has 1 aromatic carbocycles. The Morgan fingerprint density at radius 1 is 1.05 bits per heavy atom. The molecule has 3 saturated carbocycles. The molecule has 1 N–H and O–H groups in total. The fourth-order valence-corrected chi connectivity index (χ4v) is 7.78. The number of aliphatic hydroxyl groups is 1. The lowest BCUT2D eigenvalue weighted by atomic mass is 9.56. The van der Waals surface area contributed by atoms with Gasteiger partial charge < -0.3 is 14.9 Å². The van der Waals surface area contributed by atoms with Gasteiger partial charge in [0.15, 0.2) is 5.82 Å². The lowest BCUT2D eigenvalue weighted by Crippen LogP contribution is -2.71. The van der Waals surface area contributed by atoms with Crippen LogP contribution in [0.1, 0.15) is 56.0 Å². The van der Waals surface area contributed by atoms with Crippen LogP contribution in [0.4, 0.5) is 18.0 Å². The smallest absolute Gasteiger partial charge is 0.382 e. The molecule has 5 fully saturated rings. The van der Waals surface area contributed by atoms with Crippen molar-refractivity contribution in [1.82, 2.24) is 24.6 Å². The number of likely N-dealkylation sites (tertiary alicyclic amines) is 2. The molecule has 7 rings (SSSR count). The van der Waals surface area contributed by atoms with E-state index in [1.165, 1.54) is 6.07 Å². The first-order valence-electron chi connectivity index (χ1n) is 13.0. The van der Waals surface area contributed by atoms with Crippen LogP contribution in [-0.4, -0.2) is 67.4 Å². The summed E-state index contributed by atoms with van der Waals surface area (Å²) in [5.41, 5.74) is -3.71. The zero-order valence-corrected chi connectivity index (χ0v) is 21.3. The minimum absolute atomic E-state index is 0.0597. The molecule has 198 valence electrons. The molecule has 3 heterocycles. The number of carbonyl (C=O) groups is 1. The second-order valence-electron chi connectivity index (χ2n) is 12.3. The highest BCUT2D eigenvalue weighted by molar-refractivity contribution is 8.00. The summed E-state index contributed by atoms with van der Waals surface area (Å²) in [6.45, 7) is 3.19. The molecule has 2 aromatic rings. The molecule has 2 amide bonds. The Morgan fingerprint density at radius 3 is 2.32 bits per heavy atom. The number of hydrogen-bond acceptors (Lipinski definition) is 5. The second kappa shape index (κ2) is 7.88. The topological polar surface area (TPSA) is 74.5 Å². The predicted molar refractivity (Wildman–Crippen MR) is 130 cm³/mol. The normalized spacial score (nSPS) is 25.4. The maximum absolute atomic E-state index is 13.0. The number of hydrogen-bond donors (Lipinski definition) is 1. The molecule has 3 aliphatic carbocycles. The van der Waals surface area contributed by atoms with Crippen molar-refractivity contribution < 1.29 is 23.1 Å². The van der Waals surface area contributed by atoms with E-state index >= 15 is 0 Å². The number of benzene rings is 1. The van der Waals surface area contributed by atoms with Gasteiger partial charge in [-0.1, -0.05) is 12.1 Å². The van der Waals surface area contributed by atoms with Gasteiger partial charge in [0.05, 0.1) is 6.04 Å². The lowest BCUT2D eigenvalue weighted by molar-refractivity contribution is -0.107. The first kappa shape index (κ1) is 23.8. The van der Waals surface area contributed by atoms with Gasteiger partial charge in [-0.25, -0.2) is 14.5 Å². The molecule has 0 radical (unpaired) electrons. The van der Waals surface area contributed by atoms with Crippen molar-refractivity contribution in [2.24, 2.45) is 16.7 Å². The number of amides is 2. The Balaban J connectivity index is 0.841. The Kier molecular flexibility index (Phi) is 5.07. The molecule has 0 atom stereocenters. The summed E-state index contributed by atoms with van der Waals surface area (Å²) in [5.74, 6) is 1.01. The van der Waals surface area contributed by atoms with E-state index in [4.69, 9.17) is 0 Å². The third-order valence-electron chi connectivity index (χ3n) is 9.11. The maximum Gasteiger partial charge on any atom is 0.446 e. The highest BCUT2D eigenvalue weighted by atomic mass is 32.2. The standard InChI is InChI=1S/C26H30F3N5O2S/c27-26(28,29)37-20-3-1-2-17(7-20)6-18-8-23(9-18)12-32(13-23)22(35)33-14-24(15-33)10-19(11-24)34-16-30-21(31-34)25(36)4-5-25/h1-3,7,16,18-19,36H,4-6,8-15H2. The molecule has 1 aromatic heterocycles. The third-order valence-corrected chi connectivity index (χ3v) is 9.83. The Labute approximate surface area is 217 Å². The first-order chi connectivity index (χ1) is 17.5. The third kappa shape index (κ3) is 4.31. The number of thioether (sulfide) groups is 1. The fourth-order valence-electron chi connectivity index (χ4n) is 7.16. The summed E-state index contributed by atoms with van der Waals surface area (Å²) in [6.07, 6.45) is 8.05. The molecule has 37 heavy (non-hydrogen) atoms. The van der Waals surface area contributed by atoms with E-state index in [0.29, 0.717) is 17.8 Å². The van der Waals surface area contributed by atoms with Gasteiger partial charge in [-0.05, 0) is 80.3 Å². The highest BCUT2D eigenvalue weighted by Crippen LogP contribution is 2.56. The van der Waals surface area contributed by atoms with Crippen LogP contribution in [0.15, 0.2) is 35.5 Å². The van der Waals surface area contributed by atoms with Gasteiger partial charge in [0.1, 0.15) is 11.9 Å². The summed E-state index contributed by atoms with van der Waals surface area (Å²) in [7, 11) is 0. The average Bonchev–Trinajstić information content (AvgIpc) is 3.26. The number of aromatic nitrogens is 3. The van der Waals surface area contributed by atoms with Crippen LogP contribution >= 0.6 is 11.8 Å². The molecule has 2 spiro atoms. The molecule has 2 saturated heterocycles. The number of halogens is 3. The van der Waals surface area contributed by atoms with Crippen molar-refractivity contribution in [2.45, 2.75) is 67.0 Å². The summed E-state index contributed by atoms with van der Waals surface area (Å²) < 4.78 is 39.9. The summed E-state index contributed by atoms with van der Waals surface area (Å²) in [6, 6.07) is 7.21. The molecule has 0 bridgehead atoms. The minimum Gasteiger partial charge on any atom is -0.382 e. The number of nitrogens with zero attached hydrogens (tertiary/aromatic N) is 5. The van der Waals surface area contributed by atoms with E-state index in [2.05, 4.69) is 10.1 Å². The van der Waals surface area contributed by atoms with Crippen LogP contribution in [0.25, 0.3) is 0 Å². The van der Waals surface area contributed by atoms with Crippen LogP contribution in [-0.2, 0) is 12.0 Å². The Bertz CT molecular complexity index is 1220. The van der Waals surface area contributed by atoms with E-state index in [9.17, 15) is 23.1 Å². The average molecular weight is 534 g/mol. The summed E-state index contributed by atoms with van der Waals surface area (Å²) in [4.78, 5) is 21.4. The number of alkyl halides is 3. The van der Waals surface area contributed by atoms with Crippen molar-refractivity contribution in [3.8, 4) is 0 Å². The van der Waals surface area contributed by atoms with E-state index in [0.717, 1.165) is 76.7 Å². The van der Waals surface area contributed by atoms with Crippen molar-refractivity contribution in [3.05, 3.63) is 42.0 Å². The van der Waals surface area contributed by atoms with E-state index in [1.54, 1.807) is 18.5 Å². The van der Waals surface area contributed by atoms with Gasteiger partial charge in [-0.15, -0.1) is 0 Å². The van der Waals surface area contributed by atoms with Gasteiger partial charge in [-0.2, -0.15) is 18.3 Å². The fraction of sp³-hybridized carbons (Fsp3) is 0.654. The molecular formula is C26H30F3N5O2S. The monoisotopic (exact) mass is 533 g/mol. The van der Waals surface area contributed by atoms with Crippen molar-refractivity contribution in [2.75, 3.05) is 26.2 Å². The predicted octanol–water partition coefficient (Wildman–Crippen LogP) is 4.58. The Hall–Kier alpha value is -2.27. The van der Waals surface area contributed by atoms with E-state index < -0.39 is 11.1 Å². The van der Waals surface area contributed by atoms with Crippen molar-refractivity contribution >= 4 is 17.8 Å². The van der Waals surface area contributed by atoms with Crippen LogP contribution in [0.3, 0.4) is 0 Å². The zero-order chi connectivity index (χ0) is 25.6. The SMILES string of the molecule is O=C(N1CC2(CC(Cc3cccc(SC(F)(F)F)c3)C2)C1)N1CC2(CC(n3cnc(C4(O)CC4)n3)C2)C1. The van der Waals surface area contributed by atoms with E-state index in [1.807, 2.05) is 20.5 Å². The highest BCUT2D eigenvalue weighted by Gasteiger charge is 2.58. The van der Waals surface area contributed by atoms with Crippen molar-refractivity contribution in [1.29, 1.82) is 0 Å². The van der Waals surface area contributed by atoms with Crippen LogP contribution in [0.2, 0.25) is 0 Å². The molecule has 2 aliphatic heterocycles. The molecule has 0 unspecified atom stereocenters. The van der Waals surface area contributed by atoms with Gasteiger partial charge in [0.25, 0.3) is 0 Å². The minimum atomic E-state index is -4.27. The molecular weight excluding hydrogens is 503 g/mol. The lowest BCUT2D eigenvalue weighted by Gasteiger charge is -2.63. The van der Waals surface area contributed by atoms with Gasteiger partial charge in [0.2, 0.25) is 0 Å². The first-order valence-corrected chi connectivity index (χ1v) is 13.9. The summed E-state index contributed by atoms with van der Waals surface area (Å²) >= 11 is -0.0597. The second-order valence-corrected chi connectivity index (χ2v) is 13.4. The molecule has 11 heteroatoms. The quantitative estimate of drug-likeness (QED) is 0.570. The van der Waals surface area contributed by atoms with Crippen LogP contribution < -0.4 is 0 Å². The molecule has 7 nitrogen and oxygen atoms in total. The van der Waals surface area contributed by atoms with Crippen molar-refractivity contribution in [3.63, 3.8) is 0 Å². The largest absolute Gasteiger partial charge is 0.446 e. The number of carbonyl (C=O) groups excluding carboxylic acids is 1. The summed E-state index contributed by atoms with van der Waals surface area (Å²) in [5, 5.41) is 14.7. The van der Waals surface area contributed by atoms with Crippen LogP contribution in [0, 0.1) is 16.7 Å². The maximum atomic E-state index is 13.0. The van der Waals surface area contributed by atoms with Gasteiger partial charge in [0, 0.05) is 41.9 Å². The van der Waals surface area contributed by atoms with Gasteiger partial charge >= 0.3 is 11.5 Å². The Morgan fingerprint density at radius 2 is 1.70 bits per heavy atom. The number of urea groups is 1. The van der Waals surface area contributed by atoms with Crippen LogP contribution in [0.5, 0.6) is 0 Å². The molecule has 5 aliphatic rings.